The molecule has 0 amide bonds. The van der Waals surface area contributed by atoms with Crippen LogP contribution < -0.4 is 11.3 Å². The van der Waals surface area contributed by atoms with E-state index in [1.807, 2.05) is 0 Å². The fourth-order valence-electron chi connectivity index (χ4n) is 2.03. The Morgan fingerprint density at radius 2 is 1.95 bits per heavy atom. The van der Waals surface area contributed by atoms with E-state index in [9.17, 15) is 12.8 Å². The second-order valence-electron chi connectivity index (χ2n) is 4.61. The lowest BCUT2D eigenvalue weighted by Crippen LogP contribution is -2.29. The number of hydrogen-bond donors (Lipinski definition) is 2. The van der Waals surface area contributed by atoms with Crippen molar-refractivity contribution in [2.24, 2.45) is 5.84 Å². The largest absolute Gasteiger partial charge is 0.271 e. The van der Waals surface area contributed by atoms with Crippen LogP contribution in [0.4, 0.5) is 4.39 Å². The van der Waals surface area contributed by atoms with E-state index in [-0.39, 0.29) is 4.90 Å². The van der Waals surface area contributed by atoms with E-state index in [1.165, 1.54) is 18.2 Å². The lowest BCUT2D eigenvalue weighted by molar-refractivity contribution is 0.559. The molecule has 7 heteroatoms. The molecule has 0 fully saturated rings. The Kier molecular flexibility index (Phi) is 4.77. The predicted octanol–water partition coefficient (Wildman–Crippen LogP) is 2.54. The van der Waals surface area contributed by atoms with Crippen LogP contribution in [0.25, 0.3) is 0 Å². The zero-order chi connectivity index (χ0) is 15.6. The summed E-state index contributed by atoms with van der Waals surface area (Å²) in [7, 11) is -3.34. The molecule has 0 radical (unpaired) electrons. The molecule has 1 unspecified atom stereocenters. The molecule has 0 saturated carbocycles. The average Bonchev–Trinajstić information content (AvgIpc) is 2.43. The minimum Gasteiger partial charge on any atom is -0.271 e. The third-order valence-corrected chi connectivity index (χ3v) is 4.66. The number of nitrogens with one attached hydrogen (secondary N) is 1. The average molecular weight is 373 g/mol. The first-order chi connectivity index (χ1) is 9.82. The maximum Gasteiger partial charge on any atom is 0.175 e. The highest BCUT2D eigenvalue weighted by molar-refractivity contribution is 9.10. The summed E-state index contributed by atoms with van der Waals surface area (Å²) in [5.41, 5.74) is 3.42. The number of rotatable bonds is 4. The van der Waals surface area contributed by atoms with Crippen LogP contribution in [0, 0.1) is 5.82 Å². The van der Waals surface area contributed by atoms with Gasteiger partial charge in [-0.15, -0.1) is 0 Å². The van der Waals surface area contributed by atoms with Crippen LogP contribution in [0.5, 0.6) is 0 Å². The Labute approximate surface area is 131 Å². The van der Waals surface area contributed by atoms with E-state index in [4.69, 9.17) is 5.84 Å². The van der Waals surface area contributed by atoms with Crippen LogP contribution in [-0.4, -0.2) is 14.7 Å². The van der Waals surface area contributed by atoms with Gasteiger partial charge in [0.25, 0.3) is 0 Å². The molecule has 0 aliphatic carbocycles. The summed E-state index contributed by atoms with van der Waals surface area (Å²) in [6, 6.07) is 10.1. The molecule has 0 saturated heterocycles. The Bertz CT molecular complexity index is 765. The molecule has 2 aromatic carbocycles. The summed E-state index contributed by atoms with van der Waals surface area (Å²) < 4.78 is 37.9. The van der Waals surface area contributed by atoms with E-state index >= 15 is 0 Å². The van der Waals surface area contributed by atoms with Gasteiger partial charge in [0.1, 0.15) is 5.82 Å². The van der Waals surface area contributed by atoms with Gasteiger partial charge >= 0.3 is 0 Å². The Balaban J connectivity index is 2.54. The lowest BCUT2D eigenvalue weighted by Gasteiger charge is -2.18. The zero-order valence-electron chi connectivity index (χ0n) is 11.2. The molecule has 0 aliphatic rings. The molecule has 0 heterocycles. The molecule has 112 valence electrons. The van der Waals surface area contributed by atoms with Crippen molar-refractivity contribution < 1.29 is 12.8 Å². The van der Waals surface area contributed by atoms with Gasteiger partial charge in [0.2, 0.25) is 0 Å². The minimum atomic E-state index is -3.34. The van der Waals surface area contributed by atoms with Gasteiger partial charge in [-0.25, -0.2) is 18.2 Å². The van der Waals surface area contributed by atoms with Crippen molar-refractivity contribution in [3.05, 3.63) is 63.9 Å². The molecular formula is C14H14BrFN2O2S. The molecule has 4 nitrogen and oxygen atoms in total. The molecule has 0 bridgehead atoms. The van der Waals surface area contributed by atoms with Crippen LogP contribution in [0.1, 0.15) is 17.2 Å². The topological polar surface area (TPSA) is 72.2 Å². The molecule has 1 atom stereocenters. The third-order valence-electron chi connectivity index (χ3n) is 3.06. The number of halogens is 2. The molecule has 0 aliphatic heterocycles. The van der Waals surface area contributed by atoms with Gasteiger partial charge in [0.05, 0.1) is 10.9 Å². The first-order valence-electron chi connectivity index (χ1n) is 6.04. The Morgan fingerprint density at radius 1 is 1.24 bits per heavy atom. The molecule has 0 spiro atoms. The van der Waals surface area contributed by atoms with E-state index in [2.05, 4.69) is 21.4 Å². The van der Waals surface area contributed by atoms with E-state index < -0.39 is 21.7 Å². The van der Waals surface area contributed by atoms with Crippen molar-refractivity contribution in [2.75, 3.05) is 6.26 Å². The maximum atomic E-state index is 14.0. The molecule has 2 aromatic rings. The standard InChI is InChI=1S/C14H14BrFN2O2S/c1-21(19,20)11-4-2-3-9(7-11)14(18-17)12-8-10(15)5-6-13(12)16/h2-8,14,18H,17H2,1H3. The smallest absolute Gasteiger partial charge is 0.175 e. The quantitative estimate of drug-likeness (QED) is 0.638. The van der Waals surface area contributed by atoms with Crippen LogP contribution in [0.2, 0.25) is 0 Å². The highest BCUT2D eigenvalue weighted by atomic mass is 79.9. The van der Waals surface area contributed by atoms with Gasteiger partial charge in [-0.3, -0.25) is 5.84 Å². The molecular weight excluding hydrogens is 359 g/mol. The number of benzene rings is 2. The van der Waals surface area contributed by atoms with Gasteiger partial charge < -0.3 is 0 Å². The van der Waals surface area contributed by atoms with Gasteiger partial charge in [-0.05, 0) is 35.9 Å². The molecule has 21 heavy (non-hydrogen) atoms. The number of nitrogens with two attached hydrogens (primary N) is 1. The van der Waals surface area contributed by atoms with Gasteiger partial charge in [0, 0.05) is 16.3 Å². The molecule has 0 aromatic heterocycles. The second kappa shape index (κ2) is 6.23. The van der Waals surface area contributed by atoms with Crippen molar-refractivity contribution in [3.8, 4) is 0 Å². The Morgan fingerprint density at radius 3 is 2.57 bits per heavy atom. The summed E-state index contributed by atoms with van der Waals surface area (Å²) in [5, 5.41) is 0. The monoisotopic (exact) mass is 372 g/mol. The normalized spacial score (nSPS) is 13.1. The van der Waals surface area contributed by atoms with E-state index in [1.54, 1.807) is 24.3 Å². The second-order valence-corrected chi connectivity index (χ2v) is 7.54. The van der Waals surface area contributed by atoms with Gasteiger partial charge in [-0.2, -0.15) is 0 Å². The molecule has 3 N–H and O–H groups in total. The van der Waals surface area contributed by atoms with E-state index in [0.29, 0.717) is 15.6 Å². The van der Waals surface area contributed by atoms with Crippen LogP contribution in [0.15, 0.2) is 51.8 Å². The van der Waals surface area contributed by atoms with Crippen molar-refractivity contribution in [1.29, 1.82) is 0 Å². The first-order valence-corrected chi connectivity index (χ1v) is 8.72. The fourth-order valence-corrected chi connectivity index (χ4v) is 3.08. The summed E-state index contributed by atoms with van der Waals surface area (Å²) in [6.07, 6.45) is 1.12. The summed E-state index contributed by atoms with van der Waals surface area (Å²) in [4.78, 5) is 0.163. The lowest BCUT2D eigenvalue weighted by atomic mass is 9.99. The number of hydrogen-bond acceptors (Lipinski definition) is 4. The van der Waals surface area contributed by atoms with Crippen LogP contribution in [0.3, 0.4) is 0 Å². The van der Waals surface area contributed by atoms with Crippen LogP contribution in [-0.2, 0) is 9.84 Å². The van der Waals surface area contributed by atoms with Crippen molar-refractivity contribution >= 4 is 25.8 Å². The number of sulfone groups is 1. The summed E-state index contributed by atoms with van der Waals surface area (Å²) in [6.45, 7) is 0. The van der Waals surface area contributed by atoms with Crippen molar-refractivity contribution in [2.45, 2.75) is 10.9 Å². The first kappa shape index (κ1) is 16.1. The highest BCUT2D eigenvalue weighted by Crippen LogP contribution is 2.27. The van der Waals surface area contributed by atoms with Gasteiger partial charge in [-0.1, -0.05) is 28.1 Å². The zero-order valence-corrected chi connectivity index (χ0v) is 13.6. The van der Waals surface area contributed by atoms with Crippen molar-refractivity contribution in [1.82, 2.24) is 5.43 Å². The van der Waals surface area contributed by atoms with Crippen molar-refractivity contribution in [3.63, 3.8) is 0 Å². The van der Waals surface area contributed by atoms with Crippen LogP contribution >= 0.6 is 15.9 Å². The third kappa shape index (κ3) is 3.68. The summed E-state index contributed by atoms with van der Waals surface area (Å²) in [5.74, 6) is 5.11. The SMILES string of the molecule is CS(=O)(=O)c1cccc(C(NN)c2cc(Br)ccc2F)c1. The number of hydrazine groups is 1. The maximum absolute atomic E-state index is 14.0. The fraction of sp³-hybridized carbons (Fsp3) is 0.143. The predicted molar refractivity (Wildman–Crippen MR) is 82.8 cm³/mol. The minimum absolute atomic E-state index is 0.163. The van der Waals surface area contributed by atoms with E-state index in [0.717, 1.165) is 6.26 Å². The highest BCUT2D eigenvalue weighted by Gasteiger charge is 2.18. The van der Waals surface area contributed by atoms with Gasteiger partial charge in [0.15, 0.2) is 9.84 Å². The Hall–Kier alpha value is -1.28. The molecule has 2 rings (SSSR count). The summed E-state index contributed by atoms with van der Waals surface area (Å²) >= 11 is 3.28.